The molecule has 1 aromatic heterocycles. The van der Waals surface area contributed by atoms with Gasteiger partial charge in [0.2, 0.25) is 15.9 Å². The lowest BCUT2D eigenvalue weighted by molar-refractivity contribution is -0.116. The quantitative estimate of drug-likeness (QED) is 0.686. The second kappa shape index (κ2) is 7.77. The molecule has 0 aliphatic heterocycles. The Kier molecular flexibility index (Phi) is 5.91. The third-order valence-corrected chi connectivity index (χ3v) is 4.31. The van der Waals surface area contributed by atoms with Crippen LogP contribution in [-0.4, -0.2) is 36.4 Å². The van der Waals surface area contributed by atoms with Crippen LogP contribution in [-0.2, 0) is 14.8 Å². The van der Waals surface area contributed by atoms with E-state index in [0.29, 0.717) is 17.2 Å². The molecule has 1 atom stereocenters. The monoisotopic (exact) mass is 379 g/mol. The molecule has 1 unspecified atom stereocenters. The van der Waals surface area contributed by atoms with Crippen molar-refractivity contribution in [2.45, 2.75) is 39.8 Å². The van der Waals surface area contributed by atoms with E-state index in [1.807, 2.05) is 13.8 Å². The standard InChI is InChI=1S/C17H25N5O3S/c1-11(2)22-16(8-9-18-22)20-17(23)13(4)19-14-7-6-12(3)15(10-14)21-26(5,24)25/h6-11,13,19,21H,1-5H3,(H,20,23). The number of rotatable bonds is 7. The predicted octanol–water partition coefficient (Wildman–Crippen LogP) is 2.58. The van der Waals surface area contributed by atoms with Gasteiger partial charge in [-0.1, -0.05) is 6.07 Å². The highest BCUT2D eigenvalue weighted by molar-refractivity contribution is 7.92. The van der Waals surface area contributed by atoms with Crippen LogP contribution in [0.15, 0.2) is 30.5 Å². The lowest BCUT2D eigenvalue weighted by atomic mass is 10.1. The van der Waals surface area contributed by atoms with E-state index in [1.54, 1.807) is 49.0 Å². The molecule has 1 amide bonds. The van der Waals surface area contributed by atoms with Crippen LogP contribution in [0.25, 0.3) is 0 Å². The van der Waals surface area contributed by atoms with E-state index in [9.17, 15) is 13.2 Å². The van der Waals surface area contributed by atoms with Crippen LogP contribution in [0.1, 0.15) is 32.4 Å². The first-order chi connectivity index (χ1) is 12.1. The second-order valence-electron chi connectivity index (χ2n) is 6.51. The minimum absolute atomic E-state index is 0.130. The zero-order valence-corrected chi connectivity index (χ0v) is 16.4. The molecule has 1 heterocycles. The van der Waals surface area contributed by atoms with Gasteiger partial charge in [-0.2, -0.15) is 5.10 Å². The zero-order chi connectivity index (χ0) is 19.5. The third-order valence-electron chi connectivity index (χ3n) is 3.72. The van der Waals surface area contributed by atoms with Crippen LogP contribution in [0.2, 0.25) is 0 Å². The number of aryl methyl sites for hydroxylation is 1. The molecule has 0 bridgehead atoms. The van der Waals surface area contributed by atoms with Crippen molar-refractivity contribution in [3.63, 3.8) is 0 Å². The molecule has 2 aromatic rings. The summed E-state index contributed by atoms with van der Waals surface area (Å²) in [5.41, 5.74) is 1.91. The number of nitrogens with zero attached hydrogens (tertiary/aromatic N) is 2. The van der Waals surface area contributed by atoms with E-state index in [1.165, 1.54) is 0 Å². The average molecular weight is 379 g/mol. The Balaban J connectivity index is 2.09. The maximum absolute atomic E-state index is 12.4. The molecule has 2 rings (SSSR count). The van der Waals surface area contributed by atoms with Gasteiger partial charge in [0.25, 0.3) is 0 Å². The van der Waals surface area contributed by atoms with E-state index in [0.717, 1.165) is 11.8 Å². The summed E-state index contributed by atoms with van der Waals surface area (Å²) < 4.78 is 27.1. The smallest absolute Gasteiger partial charge is 0.247 e. The summed E-state index contributed by atoms with van der Waals surface area (Å²) in [6, 6.07) is 6.59. The Hall–Kier alpha value is -2.55. The molecule has 3 N–H and O–H groups in total. The Bertz CT molecular complexity index is 890. The summed E-state index contributed by atoms with van der Waals surface area (Å²) in [6.45, 7) is 7.50. The Morgan fingerprint density at radius 3 is 2.50 bits per heavy atom. The molecule has 26 heavy (non-hydrogen) atoms. The third kappa shape index (κ3) is 5.22. The summed E-state index contributed by atoms with van der Waals surface area (Å²) in [5.74, 6) is 0.410. The molecular weight excluding hydrogens is 354 g/mol. The van der Waals surface area contributed by atoms with Crippen molar-refractivity contribution in [1.29, 1.82) is 0 Å². The number of carbonyl (C=O) groups is 1. The van der Waals surface area contributed by atoms with Crippen LogP contribution in [0, 0.1) is 6.92 Å². The minimum atomic E-state index is -3.38. The normalized spacial score (nSPS) is 12.7. The highest BCUT2D eigenvalue weighted by atomic mass is 32.2. The van der Waals surface area contributed by atoms with Gasteiger partial charge in [0.15, 0.2) is 0 Å². The number of amides is 1. The van der Waals surface area contributed by atoms with Crippen molar-refractivity contribution in [2.24, 2.45) is 0 Å². The van der Waals surface area contributed by atoms with E-state index in [4.69, 9.17) is 0 Å². The van der Waals surface area contributed by atoms with Crippen molar-refractivity contribution in [2.75, 3.05) is 21.6 Å². The summed E-state index contributed by atoms with van der Waals surface area (Å²) in [5, 5.41) is 10.1. The van der Waals surface area contributed by atoms with Crippen molar-refractivity contribution in [3.8, 4) is 0 Å². The van der Waals surface area contributed by atoms with Crippen molar-refractivity contribution >= 4 is 33.1 Å². The fraction of sp³-hybridized carbons (Fsp3) is 0.412. The molecular formula is C17H25N5O3S. The van der Waals surface area contributed by atoms with Gasteiger partial charge in [0, 0.05) is 17.8 Å². The molecule has 1 aromatic carbocycles. The first-order valence-electron chi connectivity index (χ1n) is 8.26. The fourth-order valence-corrected chi connectivity index (χ4v) is 3.02. The van der Waals surface area contributed by atoms with Crippen LogP contribution >= 0.6 is 0 Å². The molecule has 8 nitrogen and oxygen atoms in total. The summed E-state index contributed by atoms with van der Waals surface area (Å²) >= 11 is 0. The minimum Gasteiger partial charge on any atom is -0.374 e. The molecule has 0 saturated heterocycles. The number of sulfonamides is 1. The number of nitrogens with one attached hydrogen (secondary N) is 3. The summed E-state index contributed by atoms with van der Waals surface area (Å²) in [4.78, 5) is 12.4. The summed E-state index contributed by atoms with van der Waals surface area (Å²) in [7, 11) is -3.38. The Labute approximate surface area is 154 Å². The predicted molar refractivity (Wildman–Crippen MR) is 104 cm³/mol. The largest absolute Gasteiger partial charge is 0.374 e. The van der Waals surface area contributed by atoms with Crippen LogP contribution in [0.3, 0.4) is 0 Å². The average Bonchev–Trinajstić information content (AvgIpc) is 2.97. The van der Waals surface area contributed by atoms with Gasteiger partial charge in [0.05, 0.1) is 18.1 Å². The van der Waals surface area contributed by atoms with Gasteiger partial charge in [-0.05, 0) is 45.4 Å². The lowest BCUT2D eigenvalue weighted by Crippen LogP contribution is -2.32. The number of carbonyl (C=O) groups excluding carboxylic acids is 1. The van der Waals surface area contributed by atoms with Crippen LogP contribution in [0.4, 0.5) is 17.2 Å². The number of hydrogen-bond acceptors (Lipinski definition) is 5. The van der Waals surface area contributed by atoms with E-state index >= 15 is 0 Å². The molecule has 0 fully saturated rings. The van der Waals surface area contributed by atoms with Gasteiger partial charge in [-0.25, -0.2) is 13.1 Å². The Morgan fingerprint density at radius 1 is 1.19 bits per heavy atom. The van der Waals surface area contributed by atoms with E-state index in [2.05, 4.69) is 20.5 Å². The molecule has 0 saturated carbocycles. The summed E-state index contributed by atoms with van der Waals surface area (Å²) in [6.07, 6.45) is 2.73. The van der Waals surface area contributed by atoms with E-state index < -0.39 is 16.1 Å². The zero-order valence-electron chi connectivity index (χ0n) is 15.6. The maximum Gasteiger partial charge on any atom is 0.247 e. The number of hydrogen-bond donors (Lipinski definition) is 3. The first kappa shape index (κ1) is 19.8. The van der Waals surface area contributed by atoms with Crippen LogP contribution < -0.4 is 15.4 Å². The lowest BCUT2D eigenvalue weighted by Gasteiger charge is -2.18. The Morgan fingerprint density at radius 2 is 1.88 bits per heavy atom. The fourth-order valence-electron chi connectivity index (χ4n) is 2.40. The van der Waals surface area contributed by atoms with E-state index in [-0.39, 0.29) is 11.9 Å². The maximum atomic E-state index is 12.4. The molecule has 0 radical (unpaired) electrons. The number of aromatic nitrogens is 2. The van der Waals surface area contributed by atoms with Gasteiger partial charge < -0.3 is 10.6 Å². The van der Waals surface area contributed by atoms with Crippen molar-refractivity contribution in [3.05, 3.63) is 36.0 Å². The van der Waals surface area contributed by atoms with Crippen molar-refractivity contribution < 1.29 is 13.2 Å². The van der Waals surface area contributed by atoms with Gasteiger partial charge >= 0.3 is 0 Å². The molecule has 0 spiro atoms. The van der Waals surface area contributed by atoms with Gasteiger partial charge in [0.1, 0.15) is 11.9 Å². The number of benzene rings is 1. The molecule has 142 valence electrons. The van der Waals surface area contributed by atoms with Crippen LogP contribution in [0.5, 0.6) is 0 Å². The van der Waals surface area contributed by atoms with Gasteiger partial charge in [-0.15, -0.1) is 0 Å². The second-order valence-corrected chi connectivity index (χ2v) is 8.26. The SMILES string of the molecule is Cc1ccc(NC(C)C(=O)Nc2ccnn2C(C)C)cc1NS(C)(=O)=O. The number of anilines is 3. The molecule has 0 aliphatic rings. The topological polar surface area (TPSA) is 105 Å². The highest BCUT2D eigenvalue weighted by Gasteiger charge is 2.16. The first-order valence-corrected chi connectivity index (χ1v) is 10.2. The highest BCUT2D eigenvalue weighted by Crippen LogP contribution is 2.22. The van der Waals surface area contributed by atoms with Crippen molar-refractivity contribution in [1.82, 2.24) is 9.78 Å². The molecule has 0 aliphatic carbocycles. The molecule has 9 heteroatoms. The van der Waals surface area contributed by atoms with Gasteiger partial charge in [-0.3, -0.25) is 9.52 Å².